The van der Waals surface area contributed by atoms with Crippen molar-refractivity contribution in [2.45, 2.75) is 13.3 Å². The first kappa shape index (κ1) is 12.2. The number of hydrogen-bond acceptors (Lipinski definition) is 4. The number of hydrogen-bond donors (Lipinski definition) is 2. The fraction of sp³-hybridized carbons (Fsp3) is 0.231. The third kappa shape index (κ3) is 2.51. The lowest BCUT2D eigenvalue weighted by Crippen LogP contribution is -2.20. The Bertz CT molecular complexity index is 554. The normalized spacial score (nSPS) is 11.7. The second-order valence-electron chi connectivity index (χ2n) is 3.83. The first-order valence-electron chi connectivity index (χ1n) is 5.69. The van der Waals surface area contributed by atoms with Gasteiger partial charge >= 0.3 is 5.97 Å². The number of esters is 1. The Hall–Kier alpha value is -2.30. The van der Waals surface area contributed by atoms with Crippen molar-refractivity contribution in [1.82, 2.24) is 4.98 Å². The lowest BCUT2D eigenvalue weighted by atomic mass is 10.2. The highest BCUT2D eigenvalue weighted by Gasteiger charge is 2.15. The van der Waals surface area contributed by atoms with Gasteiger partial charge in [0.15, 0.2) is 5.71 Å². The molecule has 0 fully saturated rings. The van der Waals surface area contributed by atoms with Crippen LogP contribution in [0.1, 0.15) is 12.6 Å². The van der Waals surface area contributed by atoms with Crippen molar-refractivity contribution in [1.29, 1.82) is 0 Å². The van der Waals surface area contributed by atoms with Gasteiger partial charge in [-0.1, -0.05) is 23.4 Å². The second-order valence-corrected chi connectivity index (χ2v) is 3.83. The molecule has 0 aliphatic carbocycles. The Kier molecular flexibility index (Phi) is 3.62. The third-order valence-electron chi connectivity index (χ3n) is 2.58. The summed E-state index contributed by atoms with van der Waals surface area (Å²) in [6.07, 6.45) is 0.212. The van der Waals surface area contributed by atoms with E-state index >= 15 is 0 Å². The molecule has 1 aromatic carbocycles. The van der Waals surface area contributed by atoms with Crippen LogP contribution in [-0.4, -0.2) is 28.5 Å². The molecule has 0 spiro atoms. The summed E-state index contributed by atoms with van der Waals surface area (Å²) in [6.45, 7) is 1.96. The van der Waals surface area contributed by atoms with Crippen LogP contribution in [0.15, 0.2) is 35.5 Å². The summed E-state index contributed by atoms with van der Waals surface area (Å²) >= 11 is 0. The lowest BCUT2D eigenvalue weighted by molar-refractivity contribution is -0.135. The number of rotatable bonds is 4. The van der Waals surface area contributed by atoms with Crippen LogP contribution in [0.5, 0.6) is 0 Å². The van der Waals surface area contributed by atoms with E-state index in [4.69, 9.17) is 9.94 Å². The van der Waals surface area contributed by atoms with E-state index in [1.54, 1.807) is 6.92 Å². The summed E-state index contributed by atoms with van der Waals surface area (Å²) < 4.78 is 4.80. The van der Waals surface area contributed by atoms with Crippen LogP contribution in [0, 0.1) is 0 Å². The molecular weight excluding hydrogens is 232 g/mol. The lowest BCUT2D eigenvalue weighted by Gasteiger charge is -2.02. The van der Waals surface area contributed by atoms with Crippen molar-refractivity contribution < 1.29 is 14.7 Å². The number of aromatic nitrogens is 1. The molecule has 94 valence electrons. The molecular formula is C13H14N2O3. The van der Waals surface area contributed by atoms with Crippen LogP contribution < -0.4 is 0 Å². The van der Waals surface area contributed by atoms with Crippen LogP contribution in [0.4, 0.5) is 0 Å². The quantitative estimate of drug-likeness (QED) is 0.375. The van der Waals surface area contributed by atoms with Gasteiger partial charge in [0.05, 0.1) is 6.61 Å². The van der Waals surface area contributed by atoms with E-state index in [0.717, 1.165) is 16.6 Å². The Morgan fingerprint density at radius 3 is 2.89 bits per heavy atom. The van der Waals surface area contributed by atoms with E-state index < -0.39 is 5.97 Å². The Morgan fingerprint density at radius 1 is 1.44 bits per heavy atom. The minimum Gasteiger partial charge on any atom is -0.461 e. The standard InChI is InChI=1S/C13H14N2O3/c1-2-18-13(16)12(15-17)8-10-7-9-5-3-4-6-11(9)14-10/h3-7,14,17H,2,8H2,1H3/b15-12+. The van der Waals surface area contributed by atoms with Gasteiger partial charge in [-0.05, 0) is 24.4 Å². The van der Waals surface area contributed by atoms with Gasteiger partial charge in [-0.25, -0.2) is 4.79 Å². The maximum absolute atomic E-state index is 11.5. The number of H-pyrrole nitrogens is 1. The SMILES string of the molecule is CCOC(=O)/C(Cc1cc2ccccc2[nH]1)=N/O. The average molecular weight is 246 g/mol. The molecule has 2 N–H and O–H groups in total. The van der Waals surface area contributed by atoms with Gasteiger partial charge < -0.3 is 14.9 Å². The molecule has 5 nitrogen and oxygen atoms in total. The first-order chi connectivity index (χ1) is 8.74. The molecule has 5 heteroatoms. The molecule has 1 heterocycles. The number of fused-ring (bicyclic) bond motifs is 1. The van der Waals surface area contributed by atoms with Gasteiger partial charge in [0, 0.05) is 17.6 Å². The zero-order chi connectivity index (χ0) is 13.0. The second kappa shape index (κ2) is 5.35. The molecule has 0 saturated carbocycles. The molecule has 0 saturated heterocycles. The van der Waals surface area contributed by atoms with E-state index in [1.165, 1.54) is 0 Å². The van der Waals surface area contributed by atoms with E-state index in [2.05, 4.69) is 10.1 Å². The van der Waals surface area contributed by atoms with E-state index in [0.29, 0.717) is 0 Å². The van der Waals surface area contributed by atoms with Gasteiger partial charge in [0.2, 0.25) is 0 Å². The van der Waals surface area contributed by atoms with Crippen LogP contribution >= 0.6 is 0 Å². The largest absolute Gasteiger partial charge is 0.461 e. The average Bonchev–Trinajstić information content (AvgIpc) is 2.78. The van der Waals surface area contributed by atoms with E-state index in [9.17, 15) is 4.79 Å². The molecule has 2 aromatic rings. The number of nitrogens with one attached hydrogen (secondary N) is 1. The predicted molar refractivity (Wildman–Crippen MR) is 67.9 cm³/mol. The Morgan fingerprint density at radius 2 is 2.22 bits per heavy atom. The molecule has 0 unspecified atom stereocenters. The molecule has 0 radical (unpaired) electrons. The summed E-state index contributed by atoms with van der Waals surface area (Å²) in [5, 5.41) is 12.9. The number of carbonyl (C=O) groups excluding carboxylic acids is 1. The molecule has 18 heavy (non-hydrogen) atoms. The maximum Gasteiger partial charge on any atom is 0.356 e. The minimum atomic E-state index is -0.598. The van der Waals surface area contributed by atoms with Crippen molar-refractivity contribution in [2.75, 3.05) is 6.61 Å². The summed E-state index contributed by atoms with van der Waals surface area (Å²) in [7, 11) is 0. The van der Waals surface area contributed by atoms with Crippen molar-refractivity contribution in [2.24, 2.45) is 5.16 Å². The van der Waals surface area contributed by atoms with Crippen LogP contribution in [0.3, 0.4) is 0 Å². The van der Waals surface area contributed by atoms with Crippen LogP contribution in [0.2, 0.25) is 0 Å². The fourth-order valence-corrected chi connectivity index (χ4v) is 1.77. The summed E-state index contributed by atoms with van der Waals surface area (Å²) in [6, 6.07) is 9.69. The number of para-hydroxylation sites is 1. The van der Waals surface area contributed by atoms with Crippen LogP contribution in [-0.2, 0) is 16.0 Å². The zero-order valence-corrected chi connectivity index (χ0v) is 10.0. The van der Waals surface area contributed by atoms with Crippen molar-refractivity contribution in [3.63, 3.8) is 0 Å². The van der Waals surface area contributed by atoms with Gasteiger partial charge in [-0.2, -0.15) is 0 Å². The van der Waals surface area contributed by atoms with Crippen molar-refractivity contribution in [3.05, 3.63) is 36.0 Å². The highest BCUT2D eigenvalue weighted by atomic mass is 16.5. The number of benzene rings is 1. The van der Waals surface area contributed by atoms with Gasteiger partial charge in [0.25, 0.3) is 0 Å². The van der Waals surface area contributed by atoms with Crippen molar-refractivity contribution >= 4 is 22.6 Å². The number of carbonyl (C=O) groups is 1. The molecule has 0 bridgehead atoms. The monoisotopic (exact) mass is 246 g/mol. The van der Waals surface area contributed by atoms with E-state index in [-0.39, 0.29) is 18.7 Å². The van der Waals surface area contributed by atoms with Crippen molar-refractivity contribution in [3.8, 4) is 0 Å². The Balaban J connectivity index is 2.19. The van der Waals surface area contributed by atoms with E-state index in [1.807, 2.05) is 30.3 Å². The molecule has 1 aromatic heterocycles. The fourth-order valence-electron chi connectivity index (χ4n) is 1.77. The number of ether oxygens (including phenoxy) is 1. The maximum atomic E-state index is 11.5. The summed E-state index contributed by atoms with van der Waals surface area (Å²) in [4.78, 5) is 14.6. The van der Waals surface area contributed by atoms with Gasteiger partial charge in [0.1, 0.15) is 0 Å². The molecule has 0 aliphatic rings. The zero-order valence-electron chi connectivity index (χ0n) is 10.0. The summed E-state index contributed by atoms with van der Waals surface area (Å²) in [5.41, 5.74) is 1.77. The molecule has 2 rings (SSSR count). The Labute approximate surface area is 104 Å². The number of aromatic amines is 1. The topological polar surface area (TPSA) is 74.7 Å². The third-order valence-corrected chi connectivity index (χ3v) is 2.58. The summed E-state index contributed by atoms with van der Waals surface area (Å²) in [5.74, 6) is -0.598. The predicted octanol–water partition coefficient (Wildman–Crippen LogP) is 2.10. The van der Waals surface area contributed by atoms with Gasteiger partial charge in [-0.15, -0.1) is 0 Å². The highest BCUT2D eigenvalue weighted by Crippen LogP contribution is 2.15. The van der Waals surface area contributed by atoms with Gasteiger partial charge in [-0.3, -0.25) is 0 Å². The molecule has 0 aliphatic heterocycles. The molecule has 0 atom stereocenters. The highest BCUT2D eigenvalue weighted by molar-refractivity contribution is 6.36. The smallest absolute Gasteiger partial charge is 0.356 e. The molecule has 0 amide bonds. The van der Waals surface area contributed by atoms with Crippen LogP contribution in [0.25, 0.3) is 10.9 Å². The first-order valence-corrected chi connectivity index (χ1v) is 5.69. The number of nitrogens with zero attached hydrogens (tertiary/aromatic N) is 1. The minimum absolute atomic E-state index is 0.0107. The number of oxime groups is 1.